The maximum Gasteiger partial charge on any atom is 0.165 e. The molecule has 1 aromatic rings. The summed E-state index contributed by atoms with van der Waals surface area (Å²) in [4.78, 5) is 2.17. The number of nitrogens with zero attached hydrogens (tertiary/aromatic N) is 1. The molecule has 0 bridgehead atoms. The Morgan fingerprint density at radius 1 is 1.37 bits per heavy atom. The lowest BCUT2D eigenvalue weighted by Crippen LogP contribution is -2.36. The van der Waals surface area contributed by atoms with E-state index in [0.29, 0.717) is 6.54 Å². The van der Waals surface area contributed by atoms with Crippen LogP contribution in [0.2, 0.25) is 0 Å². The first-order chi connectivity index (χ1) is 8.78. The number of methoxy groups -OCH3 is 1. The zero-order valence-corrected chi connectivity index (χ0v) is 12.5. The Morgan fingerprint density at radius 3 is 2.42 bits per heavy atom. The van der Waals surface area contributed by atoms with Gasteiger partial charge >= 0.3 is 0 Å². The molecule has 108 valence electrons. The number of benzene rings is 1. The van der Waals surface area contributed by atoms with Gasteiger partial charge in [0.05, 0.1) is 7.11 Å². The molecular formula is C15H25FN2O. The highest BCUT2D eigenvalue weighted by atomic mass is 19.1. The normalized spacial score (nSPS) is 13.7. The Balaban J connectivity index is 2.94. The molecule has 2 N–H and O–H groups in total. The molecule has 0 aromatic heterocycles. The van der Waals surface area contributed by atoms with Crippen LogP contribution in [0, 0.1) is 11.2 Å². The molecule has 0 amide bonds. The Kier molecular flexibility index (Phi) is 5.32. The maximum atomic E-state index is 13.8. The van der Waals surface area contributed by atoms with Gasteiger partial charge in [0.15, 0.2) is 11.6 Å². The van der Waals surface area contributed by atoms with Gasteiger partial charge in [-0.05, 0) is 30.2 Å². The summed E-state index contributed by atoms with van der Waals surface area (Å²) >= 11 is 0. The zero-order valence-electron chi connectivity index (χ0n) is 12.5. The van der Waals surface area contributed by atoms with Gasteiger partial charge in [-0.25, -0.2) is 4.39 Å². The summed E-state index contributed by atoms with van der Waals surface area (Å²) in [6.07, 6.45) is 0. The van der Waals surface area contributed by atoms with Crippen molar-refractivity contribution in [2.75, 3.05) is 27.2 Å². The van der Waals surface area contributed by atoms with Crippen molar-refractivity contribution in [2.45, 2.75) is 26.8 Å². The standard InChI is InChI=1S/C15H25FN2O/c1-15(2,3)10-18(4)13(9-17)11-6-7-14(19-5)12(16)8-11/h6-8,13H,9-10,17H2,1-5H3. The number of halogens is 1. The molecule has 1 rings (SSSR count). The SMILES string of the molecule is COc1ccc(C(CN)N(C)CC(C)(C)C)cc1F. The smallest absolute Gasteiger partial charge is 0.165 e. The summed E-state index contributed by atoms with van der Waals surface area (Å²) < 4.78 is 18.7. The van der Waals surface area contributed by atoms with Crippen molar-refractivity contribution < 1.29 is 9.13 Å². The van der Waals surface area contributed by atoms with E-state index in [0.717, 1.165) is 12.1 Å². The van der Waals surface area contributed by atoms with E-state index in [2.05, 4.69) is 25.7 Å². The van der Waals surface area contributed by atoms with E-state index in [1.54, 1.807) is 6.07 Å². The molecular weight excluding hydrogens is 243 g/mol. The molecule has 0 fully saturated rings. The fourth-order valence-corrected chi connectivity index (χ4v) is 2.32. The highest BCUT2D eigenvalue weighted by molar-refractivity contribution is 5.31. The Labute approximate surface area is 115 Å². The monoisotopic (exact) mass is 268 g/mol. The third-order valence-corrected chi connectivity index (χ3v) is 3.04. The van der Waals surface area contributed by atoms with Crippen molar-refractivity contribution in [3.05, 3.63) is 29.6 Å². The fourth-order valence-electron chi connectivity index (χ4n) is 2.32. The molecule has 0 aliphatic rings. The minimum atomic E-state index is -0.345. The molecule has 0 aliphatic carbocycles. The van der Waals surface area contributed by atoms with Crippen LogP contribution in [0.3, 0.4) is 0 Å². The number of ether oxygens (including phenoxy) is 1. The van der Waals surface area contributed by atoms with Crippen LogP contribution in [0.5, 0.6) is 5.75 Å². The lowest BCUT2D eigenvalue weighted by Gasteiger charge is -2.33. The number of nitrogens with two attached hydrogens (primary N) is 1. The molecule has 1 aromatic carbocycles. The topological polar surface area (TPSA) is 38.5 Å². The molecule has 0 saturated carbocycles. The first-order valence-electron chi connectivity index (χ1n) is 6.52. The second-order valence-corrected chi connectivity index (χ2v) is 6.12. The number of hydrogen-bond donors (Lipinski definition) is 1. The zero-order chi connectivity index (χ0) is 14.6. The summed E-state index contributed by atoms with van der Waals surface area (Å²) in [7, 11) is 3.48. The van der Waals surface area contributed by atoms with E-state index >= 15 is 0 Å². The minimum absolute atomic E-state index is 0.0135. The van der Waals surface area contributed by atoms with Gasteiger partial charge < -0.3 is 10.5 Å². The molecule has 0 saturated heterocycles. The Bertz CT molecular complexity index is 415. The van der Waals surface area contributed by atoms with Gasteiger partial charge in [0, 0.05) is 19.1 Å². The van der Waals surface area contributed by atoms with Crippen LogP contribution >= 0.6 is 0 Å². The van der Waals surface area contributed by atoms with Crippen LogP contribution in [0.4, 0.5) is 4.39 Å². The van der Waals surface area contributed by atoms with E-state index in [9.17, 15) is 4.39 Å². The van der Waals surface area contributed by atoms with Crippen LogP contribution < -0.4 is 10.5 Å². The van der Waals surface area contributed by atoms with Crippen molar-refractivity contribution in [1.82, 2.24) is 4.90 Å². The quantitative estimate of drug-likeness (QED) is 0.892. The number of rotatable bonds is 5. The molecule has 0 radical (unpaired) electrons. The second-order valence-electron chi connectivity index (χ2n) is 6.12. The van der Waals surface area contributed by atoms with Gasteiger partial charge in [0.1, 0.15) is 0 Å². The Hall–Kier alpha value is -1.13. The number of hydrogen-bond acceptors (Lipinski definition) is 3. The average Bonchev–Trinajstić information content (AvgIpc) is 2.27. The molecule has 0 spiro atoms. The number of likely N-dealkylation sites (N-methyl/N-ethyl adjacent to an activating group) is 1. The van der Waals surface area contributed by atoms with E-state index in [1.807, 2.05) is 13.1 Å². The van der Waals surface area contributed by atoms with Crippen molar-refractivity contribution in [2.24, 2.45) is 11.1 Å². The van der Waals surface area contributed by atoms with Crippen LogP contribution in [-0.4, -0.2) is 32.1 Å². The average molecular weight is 268 g/mol. The summed E-state index contributed by atoms with van der Waals surface area (Å²) in [5.74, 6) is -0.0828. The summed E-state index contributed by atoms with van der Waals surface area (Å²) in [5, 5.41) is 0. The summed E-state index contributed by atoms with van der Waals surface area (Å²) in [5.41, 5.74) is 6.91. The van der Waals surface area contributed by atoms with E-state index in [4.69, 9.17) is 10.5 Å². The molecule has 0 heterocycles. The highest BCUT2D eigenvalue weighted by Crippen LogP contribution is 2.26. The minimum Gasteiger partial charge on any atom is -0.494 e. The maximum absolute atomic E-state index is 13.8. The molecule has 4 heteroatoms. The lowest BCUT2D eigenvalue weighted by molar-refractivity contribution is 0.175. The fraction of sp³-hybridized carbons (Fsp3) is 0.600. The van der Waals surface area contributed by atoms with Gasteiger partial charge in [-0.2, -0.15) is 0 Å². The van der Waals surface area contributed by atoms with E-state index < -0.39 is 0 Å². The van der Waals surface area contributed by atoms with Crippen LogP contribution in [0.15, 0.2) is 18.2 Å². The van der Waals surface area contributed by atoms with E-state index in [1.165, 1.54) is 13.2 Å². The van der Waals surface area contributed by atoms with Crippen molar-refractivity contribution in [3.63, 3.8) is 0 Å². The third kappa shape index (κ3) is 4.48. The van der Waals surface area contributed by atoms with Crippen LogP contribution in [0.1, 0.15) is 32.4 Å². The van der Waals surface area contributed by atoms with Gasteiger partial charge in [-0.1, -0.05) is 26.8 Å². The van der Waals surface area contributed by atoms with Crippen molar-refractivity contribution in [3.8, 4) is 5.75 Å². The van der Waals surface area contributed by atoms with Crippen LogP contribution in [-0.2, 0) is 0 Å². The van der Waals surface area contributed by atoms with Crippen molar-refractivity contribution >= 4 is 0 Å². The predicted octanol–water partition coefficient (Wildman–Crippen LogP) is 2.81. The molecule has 3 nitrogen and oxygen atoms in total. The predicted molar refractivity (Wildman–Crippen MR) is 76.8 cm³/mol. The third-order valence-electron chi connectivity index (χ3n) is 3.04. The van der Waals surface area contributed by atoms with Crippen molar-refractivity contribution in [1.29, 1.82) is 0 Å². The molecule has 1 atom stereocenters. The first kappa shape index (κ1) is 15.9. The van der Waals surface area contributed by atoms with E-state index in [-0.39, 0.29) is 23.0 Å². The van der Waals surface area contributed by atoms with Gasteiger partial charge in [-0.15, -0.1) is 0 Å². The lowest BCUT2D eigenvalue weighted by atomic mass is 9.94. The summed E-state index contributed by atoms with van der Waals surface area (Å²) in [6.45, 7) is 7.86. The highest BCUT2D eigenvalue weighted by Gasteiger charge is 2.21. The molecule has 19 heavy (non-hydrogen) atoms. The van der Waals surface area contributed by atoms with Gasteiger partial charge in [0.25, 0.3) is 0 Å². The molecule has 0 aliphatic heterocycles. The van der Waals surface area contributed by atoms with Crippen LogP contribution in [0.25, 0.3) is 0 Å². The second kappa shape index (κ2) is 6.35. The Morgan fingerprint density at radius 2 is 2.00 bits per heavy atom. The largest absolute Gasteiger partial charge is 0.494 e. The summed E-state index contributed by atoms with van der Waals surface area (Å²) in [6, 6.07) is 5.05. The first-order valence-corrected chi connectivity index (χ1v) is 6.52. The molecule has 1 unspecified atom stereocenters. The van der Waals surface area contributed by atoms with Gasteiger partial charge in [0.2, 0.25) is 0 Å². The van der Waals surface area contributed by atoms with Gasteiger partial charge in [-0.3, -0.25) is 4.90 Å².